The van der Waals surface area contributed by atoms with Crippen molar-refractivity contribution in [3.05, 3.63) is 52.2 Å². The van der Waals surface area contributed by atoms with Crippen molar-refractivity contribution in [3.63, 3.8) is 0 Å². The van der Waals surface area contributed by atoms with E-state index in [4.69, 9.17) is 4.74 Å². The van der Waals surface area contributed by atoms with Gasteiger partial charge in [-0.05, 0) is 35.7 Å². The van der Waals surface area contributed by atoms with Gasteiger partial charge < -0.3 is 10.1 Å². The monoisotopic (exact) mass is 345 g/mol. The molecule has 1 aromatic carbocycles. The molecule has 0 spiro atoms. The second-order valence-corrected chi connectivity index (χ2v) is 7.21. The standard InChI is InChI=1S/C18H19NO4S/c1-18(2,3)15(20)11-23-17(22)12-6-8-13(9-7-12)19-16(21)14-5-4-10-24-14/h4-10H,11H2,1-3H3,(H,19,21). The minimum Gasteiger partial charge on any atom is -0.454 e. The van der Waals surface area contributed by atoms with E-state index in [0.29, 0.717) is 16.1 Å². The Morgan fingerprint density at radius 1 is 1.08 bits per heavy atom. The lowest BCUT2D eigenvalue weighted by Gasteiger charge is -2.16. The number of Topliss-reactive ketones (excluding diaryl/α,β-unsaturated/α-hetero) is 1. The lowest BCUT2D eigenvalue weighted by molar-refractivity contribution is -0.129. The van der Waals surface area contributed by atoms with Crippen LogP contribution in [0.3, 0.4) is 0 Å². The summed E-state index contributed by atoms with van der Waals surface area (Å²) in [4.78, 5) is 36.2. The number of carbonyl (C=O) groups excluding carboxylic acids is 3. The molecule has 2 aromatic rings. The second kappa shape index (κ2) is 7.40. The zero-order chi connectivity index (χ0) is 17.7. The van der Waals surface area contributed by atoms with Gasteiger partial charge in [-0.25, -0.2) is 4.79 Å². The van der Waals surface area contributed by atoms with Crippen LogP contribution >= 0.6 is 11.3 Å². The molecule has 0 fully saturated rings. The molecular formula is C18H19NO4S. The largest absolute Gasteiger partial charge is 0.454 e. The summed E-state index contributed by atoms with van der Waals surface area (Å²) in [6.45, 7) is 5.07. The summed E-state index contributed by atoms with van der Waals surface area (Å²) in [7, 11) is 0. The fourth-order valence-corrected chi connectivity index (χ4v) is 2.34. The highest BCUT2D eigenvalue weighted by Crippen LogP contribution is 2.16. The Morgan fingerprint density at radius 2 is 1.75 bits per heavy atom. The number of benzene rings is 1. The Labute approximate surface area is 144 Å². The third kappa shape index (κ3) is 4.76. The molecule has 0 aliphatic carbocycles. The van der Waals surface area contributed by atoms with Crippen LogP contribution in [0.15, 0.2) is 41.8 Å². The number of hydrogen-bond donors (Lipinski definition) is 1. The van der Waals surface area contributed by atoms with Crippen molar-refractivity contribution in [2.45, 2.75) is 20.8 Å². The summed E-state index contributed by atoms with van der Waals surface area (Å²) in [5.41, 5.74) is 0.359. The van der Waals surface area contributed by atoms with Gasteiger partial charge in [-0.2, -0.15) is 0 Å². The molecule has 5 nitrogen and oxygen atoms in total. The zero-order valence-electron chi connectivity index (χ0n) is 13.8. The van der Waals surface area contributed by atoms with E-state index in [1.807, 2.05) is 5.38 Å². The van der Waals surface area contributed by atoms with Crippen molar-refractivity contribution in [1.29, 1.82) is 0 Å². The molecule has 0 unspecified atom stereocenters. The number of ether oxygens (including phenoxy) is 1. The Balaban J connectivity index is 1.93. The first-order valence-corrected chi connectivity index (χ1v) is 8.30. The number of carbonyl (C=O) groups is 3. The van der Waals surface area contributed by atoms with Crippen LogP contribution in [0.2, 0.25) is 0 Å². The summed E-state index contributed by atoms with van der Waals surface area (Å²) in [5, 5.41) is 4.57. The van der Waals surface area contributed by atoms with Crippen molar-refractivity contribution < 1.29 is 19.1 Å². The Kier molecular flexibility index (Phi) is 5.51. The number of anilines is 1. The van der Waals surface area contributed by atoms with Crippen molar-refractivity contribution in [2.75, 3.05) is 11.9 Å². The summed E-state index contributed by atoms with van der Waals surface area (Å²) < 4.78 is 5.02. The van der Waals surface area contributed by atoms with Crippen LogP contribution in [0.5, 0.6) is 0 Å². The van der Waals surface area contributed by atoms with Crippen LogP contribution in [0.4, 0.5) is 5.69 Å². The van der Waals surface area contributed by atoms with E-state index in [9.17, 15) is 14.4 Å². The molecule has 2 rings (SSSR count). The smallest absolute Gasteiger partial charge is 0.338 e. The van der Waals surface area contributed by atoms with Gasteiger partial charge in [0.2, 0.25) is 0 Å². The first-order valence-electron chi connectivity index (χ1n) is 7.43. The number of hydrogen-bond acceptors (Lipinski definition) is 5. The van der Waals surface area contributed by atoms with E-state index in [2.05, 4.69) is 5.32 Å². The first-order chi connectivity index (χ1) is 11.3. The number of thiophene rings is 1. The first kappa shape index (κ1) is 17.9. The minimum atomic E-state index is -0.566. The summed E-state index contributed by atoms with van der Waals surface area (Å²) in [6, 6.07) is 9.87. The van der Waals surface area contributed by atoms with E-state index in [1.165, 1.54) is 11.3 Å². The average molecular weight is 345 g/mol. The molecule has 1 amide bonds. The third-order valence-corrected chi connectivity index (χ3v) is 4.16. The highest BCUT2D eigenvalue weighted by Gasteiger charge is 2.22. The molecule has 1 heterocycles. The lowest BCUT2D eigenvalue weighted by atomic mass is 9.91. The second-order valence-electron chi connectivity index (χ2n) is 6.26. The number of amides is 1. The maximum Gasteiger partial charge on any atom is 0.338 e. The molecule has 0 atom stereocenters. The normalized spacial score (nSPS) is 11.0. The molecule has 126 valence electrons. The summed E-state index contributed by atoms with van der Waals surface area (Å²) in [6.07, 6.45) is 0. The van der Waals surface area contributed by atoms with Crippen LogP contribution in [0.25, 0.3) is 0 Å². The van der Waals surface area contributed by atoms with Gasteiger partial charge in [0.15, 0.2) is 12.4 Å². The topological polar surface area (TPSA) is 72.5 Å². The number of esters is 1. The van der Waals surface area contributed by atoms with Crippen molar-refractivity contribution >= 4 is 34.7 Å². The predicted octanol–water partition coefficient (Wildman–Crippen LogP) is 3.77. The van der Waals surface area contributed by atoms with Crippen LogP contribution in [-0.4, -0.2) is 24.3 Å². The fourth-order valence-electron chi connectivity index (χ4n) is 1.72. The minimum absolute atomic E-state index is 0.143. The molecule has 1 N–H and O–H groups in total. The molecular weight excluding hydrogens is 326 g/mol. The van der Waals surface area contributed by atoms with Gasteiger partial charge >= 0.3 is 5.97 Å². The van der Waals surface area contributed by atoms with Gasteiger partial charge in [0, 0.05) is 11.1 Å². The molecule has 0 radical (unpaired) electrons. The Morgan fingerprint density at radius 3 is 2.29 bits per heavy atom. The number of nitrogens with one attached hydrogen (secondary N) is 1. The van der Waals surface area contributed by atoms with Crippen LogP contribution in [0, 0.1) is 5.41 Å². The SMILES string of the molecule is CC(C)(C)C(=O)COC(=O)c1ccc(NC(=O)c2cccs2)cc1. The van der Waals surface area contributed by atoms with Crippen LogP contribution in [0.1, 0.15) is 40.8 Å². The molecule has 0 saturated carbocycles. The fraction of sp³-hybridized carbons (Fsp3) is 0.278. The molecule has 24 heavy (non-hydrogen) atoms. The van der Waals surface area contributed by atoms with Crippen LogP contribution < -0.4 is 5.32 Å². The van der Waals surface area contributed by atoms with Gasteiger partial charge in [0.05, 0.1) is 10.4 Å². The van der Waals surface area contributed by atoms with E-state index >= 15 is 0 Å². The van der Waals surface area contributed by atoms with Gasteiger partial charge in [0.25, 0.3) is 5.91 Å². The van der Waals surface area contributed by atoms with Crippen molar-refractivity contribution in [3.8, 4) is 0 Å². The molecule has 0 bridgehead atoms. The molecule has 6 heteroatoms. The lowest BCUT2D eigenvalue weighted by Crippen LogP contribution is -2.26. The molecule has 0 aliphatic rings. The third-order valence-electron chi connectivity index (χ3n) is 3.29. The molecule has 1 aromatic heterocycles. The van der Waals surface area contributed by atoms with Crippen molar-refractivity contribution in [1.82, 2.24) is 0 Å². The maximum absolute atomic E-state index is 11.9. The zero-order valence-corrected chi connectivity index (χ0v) is 14.6. The molecule has 0 aliphatic heterocycles. The highest BCUT2D eigenvalue weighted by atomic mass is 32.1. The van der Waals surface area contributed by atoms with Gasteiger partial charge in [-0.1, -0.05) is 26.8 Å². The average Bonchev–Trinajstić information content (AvgIpc) is 3.06. The van der Waals surface area contributed by atoms with Gasteiger partial charge in [-0.15, -0.1) is 11.3 Å². The Hall–Kier alpha value is -2.47. The van der Waals surface area contributed by atoms with E-state index in [-0.39, 0.29) is 18.3 Å². The Bertz CT molecular complexity index is 727. The van der Waals surface area contributed by atoms with Gasteiger partial charge in [0.1, 0.15) is 0 Å². The number of rotatable bonds is 5. The van der Waals surface area contributed by atoms with Gasteiger partial charge in [-0.3, -0.25) is 9.59 Å². The van der Waals surface area contributed by atoms with E-state index < -0.39 is 11.4 Å². The van der Waals surface area contributed by atoms with E-state index in [1.54, 1.807) is 57.2 Å². The van der Waals surface area contributed by atoms with Crippen molar-refractivity contribution in [2.24, 2.45) is 5.41 Å². The summed E-state index contributed by atoms with van der Waals surface area (Å²) in [5.74, 6) is -0.907. The quantitative estimate of drug-likeness (QED) is 0.837. The van der Waals surface area contributed by atoms with Crippen LogP contribution in [-0.2, 0) is 9.53 Å². The predicted molar refractivity (Wildman–Crippen MR) is 93.5 cm³/mol. The highest BCUT2D eigenvalue weighted by molar-refractivity contribution is 7.12. The number of ketones is 1. The molecule has 0 saturated heterocycles. The van der Waals surface area contributed by atoms with E-state index in [0.717, 1.165) is 0 Å². The summed E-state index contributed by atoms with van der Waals surface area (Å²) >= 11 is 1.35. The maximum atomic E-state index is 11.9.